The first-order valence-corrected chi connectivity index (χ1v) is 10.9. The van der Waals surface area contributed by atoms with Crippen molar-refractivity contribution in [2.45, 2.75) is 44.4 Å². The van der Waals surface area contributed by atoms with Gasteiger partial charge in [-0.3, -0.25) is 4.98 Å². The van der Waals surface area contributed by atoms with Gasteiger partial charge in [0.05, 0.1) is 11.0 Å². The van der Waals surface area contributed by atoms with Gasteiger partial charge in [0, 0.05) is 23.6 Å². The fraction of sp³-hybridized carbons (Fsp3) is 0.333. The molecule has 31 heavy (non-hydrogen) atoms. The van der Waals surface area contributed by atoms with Crippen molar-refractivity contribution in [2.24, 2.45) is 5.92 Å². The number of benzene rings is 2. The van der Waals surface area contributed by atoms with Gasteiger partial charge >= 0.3 is 0 Å². The number of halogens is 4. The third kappa shape index (κ3) is 3.57. The lowest BCUT2D eigenvalue weighted by atomic mass is 9.73. The van der Waals surface area contributed by atoms with Gasteiger partial charge in [-0.15, -0.1) is 0 Å². The minimum absolute atomic E-state index is 0.0542. The number of pyridine rings is 1. The molecule has 7 heteroatoms. The molecule has 160 valence electrons. The van der Waals surface area contributed by atoms with E-state index in [1.807, 2.05) is 6.07 Å². The first-order valence-electron chi connectivity index (χ1n) is 10.5. The molecule has 1 atom stereocenters. The highest BCUT2D eigenvalue weighted by Gasteiger charge is 2.30. The molecule has 1 N–H and O–H groups in total. The second kappa shape index (κ2) is 7.83. The molecular formula is C24H21ClF3N3. The summed E-state index contributed by atoms with van der Waals surface area (Å²) in [6.07, 6.45) is 5.65. The number of nitrogens with one attached hydrogen (secondary N) is 1. The van der Waals surface area contributed by atoms with Crippen LogP contribution in [0.4, 0.5) is 13.2 Å². The Bertz CT molecular complexity index is 1280. The van der Waals surface area contributed by atoms with Crippen molar-refractivity contribution in [3.63, 3.8) is 0 Å². The standard InChI is InChI=1S/C24H21ClF3N3/c1-12(24-30-22-19(28)11-18(27)21(25)23(22)31-24)13-2-4-14(5-3-13)16-8-9-29-20-7-6-15(26)10-17(16)20/h6-14H,2-5H2,1H3,(H,30,31)/t12-,13?,14?/m1/s1. The van der Waals surface area contributed by atoms with E-state index in [1.54, 1.807) is 18.3 Å². The molecule has 1 fully saturated rings. The van der Waals surface area contributed by atoms with Gasteiger partial charge in [0.25, 0.3) is 0 Å². The molecule has 0 unspecified atom stereocenters. The number of nitrogens with zero attached hydrogens (tertiary/aromatic N) is 2. The Morgan fingerprint density at radius 3 is 2.58 bits per heavy atom. The summed E-state index contributed by atoms with van der Waals surface area (Å²) in [5.41, 5.74) is 2.23. The Morgan fingerprint density at radius 2 is 1.81 bits per heavy atom. The van der Waals surface area contributed by atoms with Crippen LogP contribution in [0.2, 0.25) is 5.02 Å². The molecule has 1 aliphatic rings. The molecule has 0 spiro atoms. The van der Waals surface area contributed by atoms with Crippen LogP contribution < -0.4 is 0 Å². The summed E-state index contributed by atoms with van der Waals surface area (Å²) in [5, 5.41) is 0.742. The molecule has 0 bridgehead atoms. The van der Waals surface area contributed by atoms with E-state index >= 15 is 0 Å². The second-order valence-electron chi connectivity index (χ2n) is 8.46. The number of aromatic nitrogens is 3. The molecule has 3 nitrogen and oxygen atoms in total. The van der Waals surface area contributed by atoms with E-state index in [1.165, 1.54) is 6.07 Å². The van der Waals surface area contributed by atoms with Crippen LogP contribution in [-0.2, 0) is 0 Å². The van der Waals surface area contributed by atoms with Gasteiger partial charge in [-0.05, 0) is 67.3 Å². The van der Waals surface area contributed by atoms with Crippen LogP contribution >= 0.6 is 11.6 Å². The quantitative estimate of drug-likeness (QED) is 0.338. The Kier molecular flexibility index (Phi) is 5.13. The molecule has 1 aliphatic carbocycles. The normalized spacial score (nSPS) is 20.4. The minimum atomic E-state index is -0.795. The van der Waals surface area contributed by atoms with Gasteiger partial charge < -0.3 is 4.98 Å². The Hall–Kier alpha value is -2.60. The second-order valence-corrected chi connectivity index (χ2v) is 8.84. The van der Waals surface area contributed by atoms with Gasteiger partial charge in [0.15, 0.2) is 5.82 Å². The zero-order valence-corrected chi connectivity index (χ0v) is 17.7. The summed E-state index contributed by atoms with van der Waals surface area (Å²) in [6, 6.07) is 7.49. The van der Waals surface area contributed by atoms with Crippen molar-refractivity contribution in [1.29, 1.82) is 0 Å². The van der Waals surface area contributed by atoms with Crippen molar-refractivity contribution >= 4 is 33.5 Å². The largest absolute Gasteiger partial charge is 0.340 e. The van der Waals surface area contributed by atoms with Crippen LogP contribution in [0.15, 0.2) is 36.5 Å². The van der Waals surface area contributed by atoms with Gasteiger partial charge in [-0.1, -0.05) is 18.5 Å². The predicted octanol–water partition coefficient (Wildman–Crippen LogP) is 7.26. The van der Waals surface area contributed by atoms with Crippen LogP contribution in [-0.4, -0.2) is 15.0 Å². The van der Waals surface area contributed by atoms with E-state index in [9.17, 15) is 13.2 Å². The molecule has 2 aromatic carbocycles. The summed E-state index contributed by atoms with van der Waals surface area (Å²) in [6.45, 7) is 2.06. The lowest BCUT2D eigenvalue weighted by Crippen LogP contribution is -2.19. The summed E-state index contributed by atoms with van der Waals surface area (Å²) in [5.74, 6) is -0.389. The van der Waals surface area contributed by atoms with Crippen LogP contribution in [0.3, 0.4) is 0 Å². The molecule has 0 saturated heterocycles. The minimum Gasteiger partial charge on any atom is -0.340 e. The monoisotopic (exact) mass is 443 g/mol. The first kappa shape index (κ1) is 20.3. The Labute approximate surface area is 182 Å². The highest BCUT2D eigenvalue weighted by atomic mass is 35.5. The zero-order chi connectivity index (χ0) is 21.7. The molecule has 2 aromatic heterocycles. The van der Waals surface area contributed by atoms with Crippen molar-refractivity contribution in [2.75, 3.05) is 0 Å². The lowest BCUT2D eigenvalue weighted by molar-refractivity contribution is 0.286. The summed E-state index contributed by atoms with van der Waals surface area (Å²) >= 11 is 6.00. The predicted molar refractivity (Wildman–Crippen MR) is 116 cm³/mol. The molecular weight excluding hydrogens is 423 g/mol. The maximum atomic E-state index is 14.1. The number of hydrogen-bond acceptors (Lipinski definition) is 2. The fourth-order valence-corrected chi connectivity index (χ4v) is 5.14. The number of fused-ring (bicyclic) bond motifs is 2. The molecule has 0 amide bonds. The Balaban J connectivity index is 1.36. The number of hydrogen-bond donors (Lipinski definition) is 1. The molecule has 4 aromatic rings. The fourth-order valence-electron chi connectivity index (χ4n) is 4.95. The summed E-state index contributed by atoms with van der Waals surface area (Å²) in [4.78, 5) is 11.8. The highest BCUT2D eigenvalue weighted by molar-refractivity contribution is 6.35. The van der Waals surface area contributed by atoms with Crippen LogP contribution in [0, 0.1) is 23.4 Å². The van der Waals surface area contributed by atoms with E-state index in [2.05, 4.69) is 21.9 Å². The Morgan fingerprint density at radius 1 is 1.03 bits per heavy atom. The molecule has 0 aliphatic heterocycles. The summed E-state index contributed by atoms with van der Waals surface area (Å²) in [7, 11) is 0. The van der Waals surface area contributed by atoms with Crippen molar-refractivity contribution < 1.29 is 13.2 Å². The maximum Gasteiger partial charge on any atom is 0.154 e. The van der Waals surface area contributed by atoms with Gasteiger partial charge in [-0.2, -0.15) is 0 Å². The smallest absolute Gasteiger partial charge is 0.154 e. The van der Waals surface area contributed by atoms with Crippen molar-refractivity contribution in [3.05, 3.63) is 70.4 Å². The van der Waals surface area contributed by atoms with E-state index in [0.29, 0.717) is 17.7 Å². The maximum absolute atomic E-state index is 14.1. The average molecular weight is 444 g/mol. The number of H-pyrrole nitrogens is 1. The topological polar surface area (TPSA) is 41.6 Å². The number of rotatable bonds is 3. The van der Waals surface area contributed by atoms with E-state index in [0.717, 1.165) is 48.2 Å². The van der Waals surface area contributed by atoms with Gasteiger partial charge in [0.2, 0.25) is 0 Å². The van der Waals surface area contributed by atoms with Crippen LogP contribution in [0.1, 0.15) is 55.8 Å². The summed E-state index contributed by atoms with van der Waals surface area (Å²) < 4.78 is 41.7. The zero-order valence-electron chi connectivity index (χ0n) is 16.9. The van der Waals surface area contributed by atoms with Crippen LogP contribution in [0.5, 0.6) is 0 Å². The number of aromatic amines is 1. The molecule has 1 saturated carbocycles. The average Bonchev–Trinajstić information content (AvgIpc) is 3.23. The molecule has 2 heterocycles. The van der Waals surface area contributed by atoms with E-state index in [4.69, 9.17) is 11.6 Å². The first-order chi connectivity index (χ1) is 14.9. The van der Waals surface area contributed by atoms with Gasteiger partial charge in [0.1, 0.15) is 28.0 Å². The molecule has 5 rings (SSSR count). The number of imidazole rings is 1. The highest BCUT2D eigenvalue weighted by Crippen LogP contribution is 2.43. The molecule has 0 radical (unpaired) electrons. The van der Waals surface area contributed by atoms with Crippen molar-refractivity contribution in [3.8, 4) is 0 Å². The third-order valence-corrected chi connectivity index (χ3v) is 7.09. The lowest BCUT2D eigenvalue weighted by Gasteiger charge is -2.32. The van der Waals surface area contributed by atoms with Crippen LogP contribution in [0.25, 0.3) is 21.9 Å². The SMILES string of the molecule is C[C@@H](c1nc2c(F)cc(F)c(Cl)c2[nH]1)C1CCC(c2ccnc3ccc(F)cc23)CC1. The van der Waals surface area contributed by atoms with E-state index < -0.39 is 11.6 Å². The third-order valence-electron chi connectivity index (χ3n) is 6.72. The van der Waals surface area contributed by atoms with Crippen molar-refractivity contribution in [1.82, 2.24) is 15.0 Å². The van der Waals surface area contributed by atoms with Gasteiger partial charge in [-0.25, -0.2) is 18.2 Å². The van der Waals surface area contributed by atoms with E-state index in [-0.39, 0.29) is 27.8 Å².